The second-order valence-corrected chi connectivity index (χ2v) is 7.57. The van der Waals surface area contributed by atoms with E-state index in [2.05, 4.69) is 15.0 Å². The number of sulfonamides is 1. The van der Waals surface area contributed by atoms with Gasteiger partial charge in [0.05, 0.1) is 28.2 Å². The first kappa shape index (κ1) is 20.8. The van der Waals surface area contributed by atoms with Gasteiger partial charge in [0, 0.05) is 6.20 Å². The molecule has 0 spiro atoms. The molecule has 0 saturated carbocycles. The Morgan fingerprint density at radius 1 is 1.11 bits per heavy atom. The molecular formula is C17H18F3N3O3S. The van der Waals surface area contributed by atoms with Gasteiger partial charge < -0.3 is 5.32 Å². The molecule has 27 heavy (non-hydrogen) atoms. The molecule has 2 N–H and O–H groups in total. The molecule has 146 valence electrons. The second kappa shape index (κ2) is 8.05. The van der Waals surface area contributed by atoms with Crippen LogP contribution in [0.15, 0.2) is 53.6 Å². The lowest BCUT2D eigenvalue weighted by Crippen LogP contribution is -2.45. The van der Waals surface area contributed by atoms with Crippen LogP contribution in [0.25, 0.3) is 0 Å². The van der Waals surface area contributed by atoms with Crippen molar-refractivity contribution in [3.05, 3.63) is 59.9 Å². The van der Waals surface area contributed by atoms with Crippen LogP contribution in [0.3, 0.4) is 0 Å². The van der Waals surface area contributed by atoms with E-state index in [1.54, 1.807) is 31.3 Å². The molecule has 0 radical (unpaired) electrons. The summed E-state index contributed by atoms with van der Waals surface area (Å²) in [5, 5.41) is 2.60. The number of nitrogens with one attached hydrogen (secondary N) is 2. The van der Waals surface area contributed by atoms with Crippen molar-refractivity contribution in [2.24, 2.45) is 0 Å². The summed E-state index contributed by atoms with van der Waals surface area (Å²) in [6, 6.07) is 6.78. The molecule has 1 amide bonds. The molecule has 1 heterocycles. The zero-order valence-corrected chi connectivity index (χ0v) is 15.3. The minimum absolute atomic E-state index is 0.473. The van der Waals surface area contributed by atoms with E-state index >= 15 is 0 Å². The average Bonchev–Trinajstić information content (AvgIpc) is 2.61. The zero-order chi connectivity index (χ0) is 20.2. The highest BCUT2D eigenvalue weighted by Crippen LogP contribution is 2.30. The molecule has 2 atom stereocenters. The van der Waals surface area contributed by atoms with Gasteiger partial charge in [-0.15, -0.1) is 0 Å². The number of halogens is 3. The van der Waals surface area contributed by atoms with E-state index in [0.717, 1.165) is 18.2 Å². The molecule has 0 bridgehead atoms. The molecule has 0 fully saturated rings. The number of carbonyl (C=O) groups is 1. The highest BCUT2D eigenvalue weighted by molar-refractivity contribution is 7.89. The number of carbonyl (C=O) groups excluding carboxylic acids is 1. The summed E-state index contributed by atoms with van der Waals surface area (Å²) in [5.74, 6) is -0.635. The summed E-state index contributed by atoms with van der Waals surface area (Å²) in [6.07, 6.45) is -3.12. The molecule has 2 rings (SSSR count). The Kier molecular flexibility index (Phi) is 6.22. The maximum atomic E-state index is 12.8. The lowest BCUT2D eigenvalue weighted by Gasteiger charge is -2.18. The van der Waals surface area contributed by atoms with Gasteiger partial charge in [-0.3, -0.25) is 9.78 Å². The molecule has 0 saturated heterocycles. The van der Waals surface area contributed by atoms with Gasteiger partial charge >= 0.3 is 6.18 Å². The van der Waals surface area contributed by atoms with Crippen LogP contribution < -0.4 is 10.0 Å². The Labute approximate surface area is 154 Å². The largest absolute Gasteiger partial charge is 0.416 e. The Morgan fingerprint density at radius 3 is 2.41 bits per heavy atom. The lowest BCUT2D eigenvalue weighted by molar-refractivity contribution is -0.137. The topological polar surface area (TPSA) is 88.2 Å². The molecular weight excluding hydrogens is 383 g/mol. The first-order valence-corrected chi connectivity index (χ1v) is 9.40. The van der Waals surface area contributed by atoms with Crippen molar-refractivity contribution >= 4 is 15.9 Å². The van der Waals surface area contributed by atoms with E-state index in [4.69, 9.17) is 0 Å². The quantitative estimate of drug-likeness (QED) is 0.779. The monoisotopic (exact) mass is 401 g/mol. The third-order valence-corrected chi connectivity index (χ3v) is 5.23. The third-order valence-electron chi connectivity index (χ3n) is 3.69. The first-order chi connectivity index (χ1) is 12.5. The van der Waals surface area contributed by atoms with Crippen molar-refractivity contribution in [2.45, 2.75) is 37.0 Å². The van der Waals surface area contributed by atoms with Gasteiger partial charge in [-0.05, 0) is 44.2 Å². The molecule has 1 aromatic carbocycles. The van der Waals surface area contributed by atoms with Crippen LogP contribution in [0.4, 0.5) is 13.2 Å². The predicted octanol–water partition coefficient (Wildman–Crippen LogP) is 2.64. The van der Waals surface area contributed by atoms with Crippen molar-refractivity contribution in [2.75, 3.05) is 0 Å². The minimum Gasteiger partial charge on any atom is -0.347 e. The number of amides is 1. The van der Waals surface area contributed by atoms with Gasteiger partial charge in [-0.1, -0.05) is 12.1 Å². The van der Waals surface area contributed by atoms with Gasteiger partial charge in [-0.2, -0.15) is 17.9 Å². The molecule has 0 aliphatic heterocycles. The van der Waals surface area contributed by atoms with Crippen LogP contribution in [0.2, 0.25) is 0 Å². The summed E-state index contributed by atoms with van der Waals surface area (Å²) in [6.45, 7) is 2.97. The van der Waals surface area contributed by atoms with Crippen LogP contribution in [-0.2, 0) is 21.0 Å². The van der Waals surface area contributed by atoms with Crippen molar-refractivity contribution in [3.8, 4) is 0 Å². The van der Waals surface area contributed by atoms with E-state index in [1.807, 2.05) is 0 Å². The summed E-state index contributed by atoms with van der Waals surface area (Å²) < 4.78 is 65.0. The van der Waals surface area contributed by atoms with E-state index in [-0.39, 0.29) is 0 Å². The van der Waals surface area contributed by atoms with Gasteiger partial charge in [-0.25, -0.2) is 8.42 Å². The fraction of sp³-hybridized carbons (Fsp3) is 0.294. The standard InChI is InChI=1S/C17H18F3N3O3S/c1-11(15-8-3-4-9-21-15)22-16(24)12(2)23-27(25,26)14-7-5-6-13(10-14)17(18,19)20/h3-12,23H,1-2H3,(H,22,24). The van der Waals surface area contributed by atoms with Crippen LogP contribution in [-0.4, -0.2) is 25.4 Å². The van der Waals surface area contributed by atoms with Crippen molar-refractivity contribution in [3.63, 3.8) is 0 Å². The summed E-state index contributed by atoms with van der Waals surface area (Å²) in [5.41, 5.74) is -0.509. The highest BCUT2D eigenvalue weighted by Gasteiger charge is 2.32. The predicted molar refractivity (Wildman–Crippen MR) is 92.0 cm³/mol. The maximum absolute atomic E-state index is 12.8. The fourth-order valence-electron chi connectivity index (χ4n) is 2.24. The van der Waals surface area contributed by atoms with Crippen molar-refractivity contribution < 1.29 is 26.4 Å². The van der Waals surface area contributed by atoms with E-state index < -0.39 is 44.6 Å². The SMILES string of the molecule is CC(NS(=O)(=O)c1cccc(C(F)(F)F)c1)C(=O)NC(C)c1ccccn1. The number of aromatic nitrogens is 1. The fourth-order valence-corrected chi connectivity index (χ4v) is 3.49. The number of hydrogen-bond donors (Lipinski definition) is 2. The second-order valence-electron chi connectivity index (χ2n) is 5.85. The van der Waals surface area contributed by atoms with Crippen LogP contribution in [0.1, 0.15) is 31.1 Å². The number of benzene rings is 1. The number of rotatable bonds is 6. The number of nitrogens with zero attached hydrogens (tertiary/aromatic N) is 1. The van der Waals surface area contributed by atoms with Gasteiger partial charge in [0.25, 0.3) is 0 Å². The Morgan fingerprint density at radius 2 is 1.81 bits per heavy atom. The van der Waals surface area contributed by atoms with E-state index in [0.29, 0.717) is 11.8 Å². The van der Waals surface area contributed by atoms with Crippen molar-refractivity contribution in [1.29, 1.82) is 0 Å². The molecule has 2 unspecified atom stereocenters. The van der Waals surface area contributed by atoms with Crippen LogP contribution in [0, 0.1) is 0 Å². The molecule has 0 aliphatic rings. The van der Waals surface area contributed by atoms with Crippen molar-refractivity contribution in [1.82, 2.24) is 15.0 Å². The van der Waals surface area contributed by atoms with Crippen LogP contribution >= 0.6 is 0 Å². The minimum atomic E-state index is -4.67. The Bertz CT molecular complexity index is 902. The van der Waals surface area contributed by atoms with Gasteiger partial charge in [0.1, 0.15) is 0 Å². The summed E-state index contributed by atoms with van der Waals surface area (Å²) in [7, 11) is -4.31. The summed E-state index contributed by atoms with van der Waals surface area (Å²) in [4.78, 5) is 15.7. The molecule has 0 aliphatic carbocycles. The molecule has 10 heteroatoms. The molecule has 1 aromatic heterocycles. The summed E-state index contributed by atoms with van der Waals surface area (Å²) >= 11 is 0. The number of pyridine rings is 1. The van der Waals surface area contributed by atoms with Gasteiger partial charge in [0.2, 0.25) is 15.9 Å². The lowest BCUT2D eigenvalue weighted by atomic mass is 10.2. The number of alkyl halides is 3. The number of hydrogen-bond acceptors (Lipinski definition) is 4. The average molecular weight is 401 g/mol. The molecule has 6 nitrogen and oxygen atoms in total. The zero-order valence-electron chi connectivity index (χ0n) is 14.5. The maximum Gasteiger partial charge on any atom is 0.416 e. The Hall–Kier alpha value is -2.46. The molecule has 2 aromatic rings. The van der Waals surface area contributed by atoms with E-state index in [1.165, 1.54) is 6.92 Å². The first-order valence-electron chi connectivity index (χ1n) is 7.91. The third kappa shape index (κ3) is 5.51. The van der Waals surface area contributed by atoms with Crippen LogP contribution in [0.5, 0.6) is 0 Å². The van der Waals surface area contributed by atoms with E-state index in [9.17, 15) is 26.4 Å². The normalized spacial score (nSPS) is 14.4. The Balaban J connectivity index is 2.09. The highest BCUT2D eigenvalue weighted by atomic mass is 32.2. The van der Waals surface area contributed by atoms with Gasteiger partial charge in [0.15, 0.2) is 0 Å². The smallest absolute Gasteiger partial charge is 0.347 e.